The van der Waals surface area contributed by atoms with E-state index in [2.05, 4.69) is 24.0 Å². The minimum absolute atomic E-state index is 0.409. The van der Waals surface area contributed by atoms with Crippen molar-refractivity contribution in [1.82, 2.24) is 10.1 Å². The first kappa shape index (κ1) is 15.0. The van der Waals surface area contributed by atoms with Crippen LogP contribution < -0.4 is 0 Å². The molecule has 2 aromatic rings. The molecular formula is C15H19ClN2O2. The van der Waals surface area contributed by atoms with Gasteiger partial charge in [0.1, 0.15) is 0 Å². The van der Waals surface area contributed by atoms with Gasteiger partial charge in [-0.15, -0.1) is 0 Å². The van der Waals surface area contributed by atoms with Crippen molar-refractivity contribution in [3.05, 3.63) is 46.6 Å². The third-order valence-corrected chi connectivity index (χ3v) is 3.19. The molecule has 1 aromatic heterocycles. The molecule has 108 valence electrons. The van der Waals surface area contributed by atoms with E-state index in [1.165, 1.54) is 0 Å². The number of rotatable bonds is 6. The van der Waals surface area contributed by atoms with Crippen LogP contribution in [0.15, 0.2) is 28.8 Å². The quantitative estimate of drug-likeness (QED) is 0.888. The predicted octanol–water partition coefficient (Wildman–Crippen LogP) is 3.26. The van der Waals surface area contributed by atoms with Crippen molar-refractivity contribution in [3.63, 3.8) is 0 Å². The zero-order valence-electron chi connectivity index (χ0n) is 11.7. The second-order valence-corrected chi connectivity index (χ2v) is 5.83. The Labute approximate surface area is 123 Å². The van der Waals surface area contributed by atoms with Gasteiger partial charge in [0.2, 0.25) is 5.89 Å². The number of aliphatic hydroxyl groups is 1. The summed E-state index contributed by atoms with van der Waals surface area (Å²) in [5.74, 6) is 1.56. The van der Waals surface area contributed by atoms with E-state index in [9.17, 15) is 5.11 Å². The van der Waals surface area contributed by atoms with Gasteiger partial charge in [-0.05, 0) is 30.0 Å². The summed E-state index contributed by atoms with van der Waals surface area (Å²) in [6.45, 7) is 4.14. The zero-order valence-corrected chi connectivity index (χ0v) is 12.5. The Bertz CT molecular complexity index is 537. The van der Waals surface area contributed by atoms with Gasteiger partial charge in [-0.3, -0.25) is 0 Å². The molecule has 20 heavy (non-hydrogen) atoms. The summed E-state index contributed by atoms with van der Waals surface area (Å²) in [5, 5.41) is 14.5. The second-order valence-electron chi connectivity index (χ2n) is 5.40. The number of halogens is 1. The summed E-state index contributed by atoms with van der Waals surface area (Å²) in [6, 6.07) is 7.55. The van der Waals surface area contributed by atoms with E-state index in [-0.39, 0.29) is 0 Å². The molecule has 0 radical (unpaired) electrons. The van der Waals surface area contributed by atoms with Gasteiger partial charge in [-0.25, -0.2) is 0 Å². The Morgan fingerprint density at radius 1 is 1.25 bits per heavy atom. The molecule has 1 N–H and O–H groups in total. The Morgan fingerprint density at radius 2 is 1.95 bits per heavy atom. The van der Waals surface area contributed by atoms with Gasteiger partial charge in [0.25, 0.3) is 0 Å². The number of hydrogen-bond acceptors (Lipinski definition) is 4. The van der Waals surface area contributed by atoms with Gasteiger partial charge >= 0.3 is 0 Å². The Hall–Kier alpha value is -1.39. The number of aromatic nitrogens is 2. The van der Waals surface area contributed by atoms with E-state index in [0.29, 0.717) is 35.5 Å². The first-order valence-corrected chi connectivity index (χ1v) is 7.14. The Kier molecular flexibility index (Phi) is 5.15. The summed E-state index contributed by atoms with van der Waals surface area (Å²) in [4.78, 5) is 4.30. The first-order chi connectivity index (χ1) is 9.52. The van der Waals surface area contributed by atoms with E-state index in [1.807, 2.05) is 24.3 Å². The number of nitrogens with zero attached hydrogens (tertiary/aromatic N) is 2. The number of benzene rings is 1. The van der Waals surface area contributed by atoms with Crippen LogP contribution in [0.5, 0.6) is 0 Å². The van der Waals surface area contributed by atoms with Crippen LogP contribution >= 0.6 is 11.6 Å². The third kappa shape index (κ3) is 4.62. The lowest BCUT2D eigenvalue weighted by Gasteiger charge is -2.09. The SMILES string of the molecule is CC(C)CC(O)Cc1nc(Cc2ccc(Cl)cc2)no1. The van der Waals surface area contributed by atoms with Crippen LogP contribution in [0, 0.1) is 5.92 Å². The molecule has 0 bridgehead atoms. The molecule has 0 aliphatic heterocycles. The van der Waals surface area contributed by atoms with Crippen LogP contribution in [0.1, 0.15) is 37.5 Å². The molecule has 0 spiro atoms. The van der Waals surface area contributed by atoms with E-state index >= 15 is 0 Å². The van der Waals surface area contributed by atoms with Crippen LogP contribution in [0.4, 0.5) is 0 Å². The molecule has 4 nitrogen and oxygen atoms in total. The molecule has 1 atom stereocenters. The largest absolute Gasteiger partial charge is 0.393 e. The summed E-state index contributed by atoms with van der Waals surface area (Å²) < 4.78 is 5.17. The van der Waals surface area contributed by atoms with E-state index in [0.717, 1.165) is 12.0 Å². The molecule has 0 aliphatic carbocycles. The maximum Gasteiger partial charge on any atom is 0.229 e. The summed E-state index contributed by atoms with van der Waals surface area (Å²) >= 11 is 5.84. The van der Waals surface area contributed by atoms with E-state index < -0.39 is 6.10 Å². The summed E-state index contributed by atoms with van der Waals surface area (Å²) in [5.41, 5.74) is 1.07. The van der Waals surface area contributed by atoms with Crippen LogP contribution in [0.2, 0.25) is 5.02 Å². The maximum atomic E-state index is 9.86. The minimum atomic E-state index is -0.432. The fourth-order valence-corrected chi connectivity index (χ4v) is 2.18. The van der Waals surface area contributed by atoms with Gasteiger partial charge in [-0.1, -0.05) is 42.7 Å². The number of aliphatic hydroxyl groups excluding tert-OH is 1. The van der Waals surface area contributed by atoms with Crippen molar-refractivity contribution >= 4 is 11.6 Å². The van der Waals surface area contributed by atoms with Gasteiger partial charge < -0.3 is 9.63 Å². The third-order valence-electron chi connectivity index (χ3n) is 2.94. The highest BCUT2D eigenvalue weighted by Crippen LogP contribution is 2.14. The molecule has 2 rings (SSSR count). The molecule has 1 unspecified atom stereocenters. The minimum Gasteiger partial charge on any atom is -0.393 e. The normalized spacial score (nSPS) is 12.8. The fourth-order valence-electron chi connectivity index (χ4n) is 2.06. The molecule has 0 amide bonds. The highest BCUT2D eigenvalue weighted by Gasteiger charge is 2.13. The van der Waals surface area contributed by atoms with Gasteiger partial charge in [0, 0.05) is 11.4 Å². The average molecular weight is 295 g/mol. The molecule has 1 aromatic carbocycles. The van der Waals surface area contributed by atoms with Crippen molar-refractivity contribution in [2.45, 2.75) is 39.2 Å². The summed E-state index contributed by atoms with van der Waals surface area (Å²) in [7, 11) is 0. The lowest BCUT2D eigenvalue weighted by atomic mass is 10.0. The lowest BCUT2D eigenvalue weighted by molar-refractivity contribution is 0.138. The van der Waals surface area contributed by atoms with Crippen molar-refractivity contribution in [2.75, 3.05) is 0 Å². The molecular weight excluding hydrogens is 276 g/mol. The van der Waals surface area contributed by atoms with Crippen molar-refractivity contribution in [3.8, 4) is 0 Å². The number of hydrogen-bond donors (Lipinski definition) is 1. The molecule has 1 heterocycles. The highest BCUT2D eigenvalue weighted by molar-refractivity contribution is 6.30. The van der Waals surface area contributed by atoms with Crippen molar-refractivity contribution in [1.29, 1.82) is 0 Å². The topological polar surface area (TPSA) is 59.2 Å². The molecule has 0 saturated heterocycles. The fraction of sp³-hybridized carbons (Fsp3) is 0.467. The van der Waals surface area contributed by atoms with Gasteiger partial charge in [0.05, 0.1) is 12.5 Å². The molecule has 0 fully saturated rings. The smallest absolute Gasteiger partial charge is 0.229 e. The highest BCUT2D eigenvalue weighted by atomic mass is 35.5. The Balaban J connectivity index is 1.93. The molecule has 0 aliphatic rings. The molecule has 5 heteroatoms. The first-order valence-electron chi connectivity index (χ1n) is 6.77. The van der Waals surface area contributed by atoms with Crippen LogP contribution in [0.25, 0.3) is 0 Å². The van der Waals surface area contributed by atoms with Crippen molar-refractivity contribution < 1.29 is 9.63 Å². The maximum absolute atomic E-state index is 9.86. The van der Waals surface area contributed by atoms with Crippen LogP contribution in [-0.4, -0.2) is 21.4 Å². The van der Waals surface area contributed by atoms with E-state index in [4.69, 9.17) is 16.1 Å². The second kappa shape index (κ2) is 6.86. The molecule has 0 saturated carbocycles. The lowest BCUT2D eigenvalue weighted by Crippen LogP contribution is -2.13. The monoisotopic (exact) mass is 294 g/mol. The van der Waals surface area contributed by atoms with Gasteiger partial charge in [-0.2, -0.15) is 4.98 Å². The summed E-state index contributed by atoms with van der Waals surface area (Å²) in [6.07, 6.45) is 1.31. The van der Waals surface area contributed by atoms with Crippen LogP contribution in [-0.2, 0) is 12.8 Å². The Morgan fingerprint density at radius 3 is 2.60 bits per heavy atom. The van der Waals surface area contributed by atoms with Gasteiger partial charge in [0.15, 0.2) is 5.82 Å². The van der Waals surface area contributed by atoms with E-state index in [1.54, 1.807) is 0 Å². The standard InChI is InChI=1S/C15H19ClN2O2/c1-10(2)7-13(19)9-15-17-14(18-20-15)8-11-3-5-12(16)6-4-11/h3-6,10,13,19H,7-9H2,1-2H3. The average Bonchev–Trinajstić information content (AvgIpc) is 2.78. The van der Waals surface area contributed by atoms with Crippen molar-refractivity contribution in [2.24, 2.45) is 5.92 Å². The predicted molar refractivity (Wildman–Crippen MR) is 77.7 cm³/mol. The van der Waals surface area contributed by atoms with Crippen LogP contribution in [0.3, 0.4) is 0 Å². The zero-order chi connectivity index (χ0) is 14.5.